The molecule has 1 aromatic carbocycles. The second kappa shape index (κ2) is 12.3. The van der Waals surface area contributed by atoms with E-state index in [1.165, 1.54) is 37.0 Å². The van der Waals surface area contributed by atoms with E-state index in [0.29, 0.717) is 17.7 Å². The van der Waals surface area contributed by atoms with Crippen molar-refractivity contribution >= 4 is 11.7 Å². The van der Waals surface area contributed by atoms with Crippen molar-refractivity contribution in [1.82, 2.24) is 0 Å². The van der Waals surface area contributed by atoms with Gasteiger partial charge in [0, 0.05) is 6.54 Å². The molecule has 0 heterocycles. The largest absolute Gasteiger partial charge is 0.456 e. The molecule has 0 bridgehead atoms. The normalized spacial score (nSPS) is 10.5. The molecular weight excluding hydrogens is 314 g/mol. The number of unbranched alkanes of at least 4 members (excludes halogenated alkanes) is 5. The predicted octanol–water partition coefficient (Wildman–Crippen LogP) is 2.63. The van der Waals surface area contributed by atoms with Crippen molar-refractivity contribution in [1.29, 1.82) is 5.26 Å². The summed E-state index contributed by atoms with van der Waals surface area (Å²) in [6, 6.07) is 7.28. The summed E-state index contributed by atoms with van der Waals surface area (Å²) in [4.78, 5) is 13.3. The van der Waals surface area contributed by atoms with Gasteiger partial charge >= 0.3 is 5.97 Å². The Bertz CT molecular complexity index is 565. The number of quaternary nitrogens is 1. The van der Waals surface area contributed by atoms with Gasteiger partial charge in [-0.1, -0.05) is 39.0 Å². The number of nitriles is 1. The monoisotopic (exact) mass is 346 g/mol. The molecule has 1 aromatic rings. The standard InChI is InChI=1S/C20H31N3O2/c1-4-5-6-7-8-9-12-22-19-11-10-17(15-18(19)16-21)20(24)25-14-13-23(2)3/h10-11,15,22H,4-9,12-14H2,1-3H3/p+1. The van der Waals surface area contributed by atoms with E-state index in [1.807, 2.05) is 14.1 Å². The first-order chi connectivity index (χ1) is 12.1. The Labute approximate surface area is 152 Å². The quantitative estimate of drug-likeness (QED) is 0.451. The zero-order valence-corrected chi connectivity index (χ0v) is 15.9. The lowest BCUT2D eigenvalue weighted by atomic mass is 10.1. The number of likely N-dealkylation sites (N-methyl/N-ethyl adjacent to an activating group) is 1. The van der Waals surface area contributed by atoms with Crippen LogP contribution in [0.2, 0.25) is 0 Å². The summed E-state index contributed by atoms with van der Waals surface area (Å²) >= 11 is 0. The Kier molecular flexibility index (Phi) is 10.3. The van der Waals surface area contributed by atoms with Gasteiger partial charge in [-0.3, -0.25) is 0 Å². The number of nitrogens with zero attached hydrogens (tertiary/aromatic N) is 1. The maximum absolute atomic E-state index is 12.0. The molecule has 5 nitrogen and oxygen atoms in total. The van der Waals surface area contributed by atoms with Crippen molar-refractivity contribution in [3.63, 3.8) is 0 Å². The van der Waals surface area contributed by atoms with E-state index in [2.05, 4.69) is 18.3 Å². The van der Waals surface area contributed by atoms with Crippen LogP contribution in [-0.4, -0.2) is 39.8 Å². The number of benzene rings is 1. The number of rotatable bonds is 12. The van der Waals surface area contributed by atoms with Gasteiger partial charge in [0.25, 0.3) is 0 Å². The molecule has 0 aromatic heterocycles. The first-order valence-electron chi connectivity index (χ1n) is 9.32. The number of carbonyl (C=O) groups excluding carboxylic acids is 1. The fourth-order valence-corrected chi connectivity index (χ4v) is 2.48. The number of anilines is 1. The van der Waals surface area contributed by atoms with E-state index in [9.17, 15) is 10.1 Å². The molecule has 0 aliphatic carbocycles. The highest BCUT2D eigenvalue weighted by Crippen LogP contribution is 2.18. The van der Waals surface area contributed by atoms with E-state index in [0.717, 1.165) is 25.2 Å². The molecule has 1 rings (SSSR count). The number of ether oxygens (including phenoxy) is 1. The van der Waals surface area contributed by atoms with Crippen LogP contribution < -0.4 is 10.2 Å². The summed E-state index contributed by atoms with van der Waals surface area (Å²) in [5.41, 5.74) is 1.69. The average molecular weight is 346 g/mol. The minimum Gasteiger partial charge on any atom is -0.456 e. The van der Waals surface area contributed by atoms with Crippen LogP contribution in [0.5, 0.6) is 0 Å². The van der Waals surface area contributed by atoms with Gasteiger partial charge in [0.1, 0.15) is 19.2 Å². The Hall–Kier alpha value is -2.06. The van der Waals surface area contributed by atoms with Crippen molar-refractivity contribution in [2.75, 3.05) is 39.1 Å². The van der Waals surface area contributed by atoms with Crippen LogP contribution in [0.15, 0.2) is 18.2 Å². The van der Waals surface area contributed by atoms with Gasteiger partial charge in [-0.2, -0.15) is 5.26 Å². The molecule has 0 saturated heterocycles. The molecule has 138 valence electrons. The third kappa shape index (κ3) is 8.55. The maximum Gasteiger partial charge on any atom is 0.338 e. The topological polar surface area (TPSA) is 66.6 Å². The summed E-state index contributed by atoms with van der Waals surface area (Å²) < 4.78 is 5.23. The first-order valence-corrected chi connectivity index (χ1v) is 9.32. The lowest BCUT2D eigenvalue weighted by molar-refractivity contribution is -0.858. The molecule has 0 aliphatic heterocycles. The zero-order valence-electron chi connectivity index (χ0n) is 15.9. The molecule has 25 heavy (non-hydrogen) atoms. The molecule has 5 heteroatoms. The van der Waals surface area contributed by atoms with Crippen molar-refractivity contribution in [2.24, 2.45) is 0 Å². The van der Waals surface area contributed by atoms with Crippen LogP contribution in [0.4, 0.5) is 5.69 Å². The zero-order chi connectivity index (χ0) is 18.5. The minimum atomic E-state index is -0.375. The smallest absolute Gasteiger partial charge is 0.338 e. The molecular formula is C20H32N3O2+. The molecule has 0 unspecified atom stereocenters. The number of nitrogens with one attached hydrogen (secondary N) is 2. The molecule has 0 fully saturated rings. The second-order valence-corrected chi connectivity index (χ2v) is 6.66. The summed E-state index contributed by atoms with van der Waals surface area (Å²) in [5.74, 6) is -0.375. The van der Waals surface area contributed by atoms with E-state index >= 15 is 0 Å². The molecule has 0 spiro atoms. The molecule has 0 amide bonds. The van der Waals surface area contributed by atoms with Crippen LogP contribution in [0.1, 0.15) is 61.4 Å². The van der Waals surface area contributed by atoms with Crippen LogP contribution in [0.25, 0.3) is 0 Å². The third-order valence-electron chi connectivity index (χ3n) is 4.06. The van der Waals surface area contributed by atoms with Crippen molar-refractivity contribution in [3.05, 3.63) is 29.3 Å². The minimum absolute atomic E-state index is 0.375. The highest BCUT2D eigenvalue weighted by molar-refractivity contribution is 5.90. The predicted molar refractivity (Wildman–Crippen MR) is 101 cm³/mol. The Morgan fingerprint density at radius 1 is 1.20 bits per heavy atom. The Morgan fingerprint density at radius 3 is 2.60 bits per heavy atom. The number of esters is 1. The second-order valence-electron chi connectivity index (χ2n) is 6.66. The molecule has 0 radical (unpaired) electrons. The molecule has 2 N–H and O–H groups in total. The maximum atomic E-state index is 12.0. The van der Waals surface area contributed by atoms with Gasteiger partial charge in [-0.05, 0) is 24.6 Å². The Morgan fingerprint density at radius 2 is 1.92 bits per heavy atom. The fourth-order valence-electron chi connectivity index (χ4n) is 2.48. The van der Waals surface area contributed by atoms with Gasteiger partial charge in [0.2, 0.25) is 0 Å². The van der Waals surface area contributed by atoms with Crippen LogP contribution in [-0.2, 0) is 4.74 Å². The lowest BCUT2D eigenvalue weighted by Crippen LogP contribution is -3.06. The van der Waals surface area contributed by atoms with E-state index in [-0.39, 0.29) is 5.97 Å². The molecule has 0 atom stereocenters. The highest BCUT2D eigenvalue weighted by Gasteiger charge is 2.11. The SMILES string of the molecule is CCCCCCCCNc1ccc(C(=O)OCC[NH+](C)C)cc1C#N. The lowest BCUT2D eigenvalue weighted by Gasteiger charge is -2.11. The number of hydrogen-bond acceptors (Lipinski definition) is 4. The van der Waals surface area contributed by atoms with Gasteiger partial charge < -0.3 is 15.0 Å². The van der Waals surface area contributed by atoms with Crippen molar-refractivity contribution in [2.45, 2.75) is 45.4 Å². The fraction of sp³-hybridized carbons (Fsp3) is 0.600. The summed E-state index contributed by atoms with van der Waals surface area (Å²) in [7, 11) is 4.01. The summed E-state index contributed by atoms with van der Waals surface area (Å²) in [5, 5.41) is 12.6. The average Bonchev–Trinajstić information content (AvgIpc) is 2.60. The van der Waals surface area contributed by atoms with Crippen LogP contribution in [0, 0.1) is 11.3 Å². The summed E-state index contributed by atoms with van der Waals surface area (Å²) in [6.07, 6.45) is 7.42. The van der Waals surface area contributed by atoms with Crippen molar-refractivity contribution < 1.29 is 14.4 Å². The first kappa shape index (κ1) is 21.0. The highest BCUT2D eigenvalue weighted by atomic mass is 16.5. The molecule has 0 saturated carbocycles. The van der Waals surface area contributed by atoms with Gasteiger partial charge in [-0.25, -0.2) is 4.79 Å². The van der Waals surface area contributed by atoms with Crippen molar-refractivity contribution in [3.8, 4) is 6.07 Å². The van der Waals surface area contributed by atoms with Crippen LogP contribution in [0.3, 0.4) is 0 Å². The van der Waals surface area contributed by atoms with E-state index in [1.54, 1.807) is 18.2 Å². The van der Waals surface area contributed by atoms with Crippen LogP contribution >= 0.6 is 0 Å². The van der Waals surface area contributed by atoms with E-state index < -0.39 is 0 Å². The number of hydrogen-bond donors (Lipinski definition) is 2. The van der Waals surface area contributed by atoms with Gasteiger partial charge in [0.15, 0.2) is 0 Å². The molecule has 0 aliphatic rings. The number of carbonyl (C=O) groups is 1. The van der Waals surface area contributed by atoms with E-state index in [4.69, 9.17) is 4.74 Å². The summed E-state index contributed by atoms with van der Waals surface area (Å²) in [6.45, 7) is 4.19. The van der Waals surface area contributed by atoms with Gasteiger partial charge in [0.05, 0.1) is 30.9 Å². The third-order valence-corrected chi connectivity index (χ3v) is 4.06. The Balaban J connectivity index is 2.46. The van der Waals surface area contributed by atoms with Gasteiger partial charge in [-0.15, -0.1) is 0 Å².